The number of aromatic nitrogens is 1. The highest BCUT2D eigenvalue weighted by molar-refractivity contribution is 7.10. The molecule has 1 aromatic heterocycles. The molecule has 1 aliphatic rings. The third kappa shape index (κ3) is 5.70. The third-order valence-electron chi connectivity index (χ3n) is 5.84. The summed E-state index contributed by atoms with van der Waals surface area (Å²) in [5.74, 6) is 0.240. The first kappa shape index (κ1) is 23.2. The van der Waals surface area contributed by atoms with Gasteiger partial charge in [0.1, 0.15) is 5.69 Å². The number of amides is 2. The highest BCUT2D eigenvalue weighted by Gasteiger charge is 2.26. The van der Waals surface area contributed by atoms with Gasteiger partial charge >= 0.3 is 0 Å². The molecule has 2 aromatic carbocycles. The number of halogens is 1. The second-order valence-electron chi connectivity index (χ2n) is 8.06. The van der Waals surface area contributed by atoms with Crippen LogP contribution in [0.25, 0.3) is 11.1 Å². The molecule has 4 rings (SSSR count). The molecule has 0 saturated carbocycles. The summed E-state index contributed by atoms with van der Waals surface area (Å²) in [6.07, 6.45) is 4.75. The van der Waals surface area contributed by atoms with Crippen LogP contribution in [0, 0.1) is 0 Å². The van der Waals surface area contributed by atoms with Gasteiger partial charge in [0.2, 0.25) is 5.91 Å². The molecule has 7 heteroatoms. The quantitative estimate of drug-likeness (QED) is 0.399. The van der Waals surface area contributed by atoms with Gasteiger partial charge in [-0.1, -0.05) is 48.0 Å². The minimum absolute atomic E-state index is 0.187. The van der Waals surface area contributed by atoms with Crippen molar-refractivity contribution in [2.75, 3.05) is 18.4 Å². The molecule has 2 amide bonds. The average Bonchev–Trinajstić information content (AvgIpc) is 3.34. The Balaban J connectivity index is 1.40. The van der Waals surface area contributed by atoms with E-state index >= 15 is 0 Å². The standard InChI is InChI=1S/C26H26ClN3O2S/c1-2-3-8-24(31)30-15-13-19(14-16-30)26-29-23(17-33-26)25(32)28-22-7-5-4-6-21(22)18-9-11-20(27)12-10-18/h2,4-7,9-12,17,19H,1,3,8,13-16H2,(H,28,32). The molecule has 1 aliphatic heterocycles. The first-order chi connectivity index (χ1) is 16.0. The Morgan fingerprint density at radius 2 is 1.88 bits per heavy atom. The van der Waals surface area contributed by atoms with Crippen LogP contribution in [0.1, 0.15) is 47.1 Å². The van der Waals surface area contributed by atoms with E-state index in [0.29, 0.717) is 23.6 Å². The zero-order valence-corrected chi connectivity index (χ0v) is 19.9. The molecule has 1 saturated heterocycles. The van der Waals surface area contributed by atoms with E-state index in [1.807, 2.05) is 58.8 Å². The molecule has 170 valence electrons. The fraction of sp³-hybridized carbons (Fsp3) is 0.269. The van der Waals surface area contributed by atoms with Crippen LogP contribution in [-0.4, -0.2) is 34.8 Å². The number of likely N-dealkylation sites (tertiary alicyclic amines) is 1. The number of hydrogen-bond donors (Lipinski definition) is 1. The van der Waals surface area contributed by atoms with Crippen LogP contribution in [0.2, 0.25) is 5.02 Å². The molecule has 2 heterocycles. The zero-order chi connectivity index (χ0) is 23.2. The van der Waals surface area contributed by atoms with E-state index in [9.17, 15) is 9.59 Å². The number of anilines is 1. The number of benzene rings is 2. The molecule has 1 N–H and O–H groups in total. The van der Waals surface area contributed by atoms with Gasteiger partial charge in [0.05, 0.1) is 5.01 Å². The number of nitrogens with zero attached hydrogens (tertiary/aromatic N) is 2. The summed E-state index contributed by atoms with van der Waals surface area (Å²) in [5, 5.41) is 6.46. The number of piperidine rings is 1. The summed E-state index contributed by atoms with van der Waals surface area (Å²) in [6.45, 7) is 5.15. The minimum Gasteiger partial charge on any atom is -0.343 e. The number of carbonyl (C=O) groups excluding carboxylic acids is 2. The number of nitrogens with one attached hydrogen (secondary N) is 1. The molecule has 33 heavy (non-hydrogen) atoms. The van der Waals surface area contributed by atoms with Crippen LogP contribution in [0.3, 0.4) is 0 Å². The Labute approximate surface area is 203 Å². The predicted molar refractivity (Wildman–Crippen MR) is 135 cm³/mol. The molecular weight excluding hydrogens is 454 g/mol. The van der Waals surface area contributed by atoms with E-state index in [2.05, 4.69) is 16.9 Å². The Bertz CT molecular complexity index is 1130. The Morgan fingerprint density at radius 1 is 1.15 bits per heavy atom. The van der Waals surface area contributed by atoms with Crippen LogP contribution >= 0.6 is 22.9 Å². The van der Waals surface area contributed by atoms with Crippen LogP contribution in [-0.2, 0) is 4.79 Å². The van der Waals surface area contributed by atoms with E-state index in [1.54, 1.807) is 6.08 Å². The van der Waals surface area contributed by atoms with Crippen molar-refractivity contribution < 1.29 is 9.59 Å². The highest BCUT2D eigenvalue weighted by Crippen LogP contribution is 2.32. The minimum atomic E-state index is -0.226. The van der Waals surface area contributed by atoms with Gasteiger partial charge in [-0.25, -0.2) is 4.98 Å². The molecule has 0 atom stereocenters. The molecular formula is C26H26ClN3O2S. The SMILES string of the molecule is C=CCCC(=O)N1CCC(c2nc(C(=O)Nc3ccccc3-c3ccc(Cl)cc3)cs2)CC1. The lowest BCUT2D eigenvalue weighted by atomic mass is 9.97. The summed E-state index contributed by atoms with van der Waals surface area (Å²) >= 11 is 7.53. The molecule has 0 aliphatic carbocycles. The lowest BCUT2D eigenvalue weighted by molar-refractivity contribution is -0.132. The van der Waals surface area contributed by atoms with E-state index in [0.717, 1.165) is 47.8 Å². The topological polar surface area (TPSA) is 62.3 Å². The predicted octanol–water partition coefficient (Wildman–Crippen LogP) is 6.39. The summed E-state index contributed by atoms with van der Waals surface area (Å²) in [7, 11) is 0. The highest BCUT2D eigenvalue weighted by atomic mass is 35.5. The lowest BCUT2D eigenvalue weighted by Gasteiger charge is -2.31. The van der Waals surface area contributed by atoms with Crippen molar-refractivity contribution in [3.63, 3.8) is 0 Å². The number of thiazole rings is 1. The first-order valence-electron chi connectivity index (χ1n) is 11.1. The van der Waals surface area contributed by atoms with Crippen molar-refractivity contribution in [3.8, 4) is 11.1 Å². The summed E-state index contributed by atoms with van der Waals surface area (Å²) < 4.78 is 0. The Kier molecular flexibility index (Phi) is 7.57. The number of hydrogen-bond acceptors (Lipinski definition) is 4. The lowest BCUT2D eigenvalue weighted by Crippen LogP contribution is -2.37. The average molecular weight is 480 g/mol. The Hall–Kier alpha value is -2.96. The summed E-state index contributed by atoms with van der Waals surface area (Å²) in [5.41, 5.74) is 3.05. The van der Waals surface area contributed by atoms with Crippen molar-refractivity contribution >= 4 is 40.4 Å². The van der Waals surface area contributed by atoms with Gasteiger partial charge in [-0.15, -0.1) is 17.9 Å². The molecule has 0 unspecified atom stereocenters. The van der Waals surface area contributed by atoms with Crippen molar-refractivity contribution in [2.45, 2.75) is 31.6 Å². The summed E-state index contributed by atoms with van der Waals surface area (Å²) in [6, 6.07) is 15.2. The largest absolute Gasteiger partial charge is 0.343 e. The maximum Gasteiger partial charge on any atom is 0.275 e. The molecule has 3 aromatic rings. The fourth-order valence-electron chi connectivity index (χ4n) is 4.00. The van der Waals surface area contributed by atoms with Gasteiger partial charge < -0.3 is 10.2 Å². The van der Waals surface area contributed by atoms with Gasteiger partial charge in [-0.3, -0.25) is 9.59 Å². The molecule has 0 spiro atoms. The fourth-order valence-corrected chi connectivity index (χ4v) is 5.10. The van der Waals surface area contributed by atoms with Crippen LogP contribution in [0.4, 0.5) is 5.69 Å². The van der Waals surface area contributed by atoms with Crippen molar-refractivity contribution in [3.05, 3.63) is 82.3 Å². The second kappa shape index (κ2) is 10.8. The normalized spacial score (nSPS) is 14.2. The van der Waals surface area contributed by atoms with E-state index in [1.165, 1.54) is 11.3 Å². The molecule has 0 radical (unpaired) electrons. The van der Waals surface area contributed by atoms with Crippen molar-refractivity contribution in [2.24, 2.45) is 0 Å². The van der Waals surface area contributed by atoms with Crippen LogP contribution in [0.5, 0.6) is 0 Å². The van der Waals surface area contributed by atoms with E-state index in [4.69, 9.17) is 11.6 Å². The van der Waals surface area contributed by atoms with Crippen LogP contribution in [0.15, 0.2) is 66.6 Å². The van der Waals surface area contributed by atoms with Gasteiger partial charge in [0, 0.05) is 47.1 Å². The number of para-hydroxylation sites is 1. The molecule has 0 bridgehead atoms. The number of rotatable bonds is 7. The Morgan fingerprint density at radius 3 is 2.61 bits per heavy atom. The maximum absolute atomic E-state index is 12.9. The van der Waals surface area contributed by atoms with E-state index < -0.39 is 0 Å². The van der Waals surface area contributed by atoms with Gasteiger partial charge in [-0.05, 0) is 43.0 Å². The maximum atomic E-state index is 12.9. The van der Waals surface area contributed by atoms with Crippen molar-refractivity contribution in [1.82, 2.24) is 9.88 Å². The van der Waals surface area contributed by atoms with Gasteiger partial charge in [0.15, 0.2) is 0 Å². The molecule has 1 fully saturated rings. The van der Waals surface area contributed by atoms with E-state index in [-0.39, 0.29) is 17.7 Å². The monoisotopic (exact) mass is 479 g/mol. The smallest absolute Gasteiger partial charge is 0.275 e. The first-order valence-corrected chi connectivity index (χ1v) is 12.3. The molecule has 5 nitrogen and oxygen atoms in total. The number of allylic oxidation sites excluding steroid dienone is 1. The van der Waals surface area contributed by atoms with Crippen molar-refractivity contribution in [1.29, 1.82) is 0 Å². The summed E-state index contributed by atoms with van der Waals surface area (Å²) in [4.78, 5) is 31.7. The van der Waals surface area contributed by atoms with Crippen LogP contribution < -0.4 is 5.32 Å². The second-order valence-corrected chi connectivity index (χ2v) is 9.39. The van der Waals surface area contributed by atoms with Gasteiger partial charge in [0.25, 0.3) is 5.91 Å². The zero-order valence-electron chi connectivity index (χ0n) is 18.3. The van der Waals surface area contributed by atoms with Gasteiger partial charge in [-0.2, -0.15) is 0 Å². The number of carbonyl (C=O) groups is 2. The third-order valence-corrected chi connectivity index (χ3v) is 7.10.